The Morgan fingerprint density at radius 2 is 1.84 bits per heavy atom. The number of nitrogens with two attached hydrogens (primary N) is 2. The lowest BCUT2D eigenvalue weighted by Gasteiger charge is -2.29. The summed E-state index contributed by atoms with van der Waals surface area (Å²) in [6, 6.07) is 3.10. The molecule has 8 N–H and O–H groups in total. The maximum absolute atomic E-state index is 13.3. The van der Waals surface area contributed by atoms with Gasteiger partial charge in [0.15, 0.2) is 0 Å². The number of benzene rings is 1. The maximum Gasteiger partial charge on any atom is 0.326 e. The Labute approximate surface area is 214 Å². The molecule has 1 aromatic heterocycles. The maximum atomic E-state index is 13.3. The molecule has 3 rings (SSSR count). The number of rotatable bonds is 11. The van der Waals surface area contributed by atoms with Crippen molar-refractivity contribution >= 4 is 40.5 Å². The van der Waals surface area contributed by atoms with Crippen LogP contribution in [0.25, 0.3) is 10.9 Å². The molecular formula is C25H34N6O6. The number of para-hydroxylation sites is 1. The summed E-state index contributed by atoms with van der Waals surface area (Å²) >= 11 is 0. The molecule has 0 spiro atoms. The minimum Gasteiger partial charge on any atom is -0.480 e. The summed E-state index contributed by atoms with van der Waals surface area (Å²) < 4.78 is 0. The third kappa shape index (κ3) is 6.64. The monoisotopic (exact) mass is 514 g/mol. The lowest BCUT2D eigenvalue weighted by atomic mass is 10.0. The standard InChI is InChI=1S/C25H34N6O6/c1-13(2)21(27)24(35)31-9-5-8-19(31)23(34)29-17(22(33)30-18(25(36)37)11-20(26)32)10-14-12-28-16-7-4-3-6-15(14)16/h3-4,6-7,12-13,17-19,21,28H,5,8-11,27H2,1-2H3,(H2,26,32)(H,29,34)(H,30,33)(H,36,37). The van der Waals surface area contributed by atoms with Gasteiger partial charge in [-0.15, -0.1) is 0 Å². The average molecular weight is 515 g/mol. The summed E-state index contributed by atoms with van der Waals surface area (Å²) in [7, 11) is 0. The second-order valence-electron chi connectivity index (χ2n) is 9.65. The fraction of sp³-hybridized carbons (Fsp3) is 0.480. The Bertz CT molecular complexity index is 1180. The molecule has 12 nitrogen and oxygen atoms in total. The van der Waals surface area contributed by atoms with Crippen molar-refractivity contribution in [3.8, 4) is 0 Å². The van der Waals surface area contributed by atoms with Crippen molar-refractivity contribution in [2.24, 2.45) is 17.4 Å². The number of hydrogen-bond donors (Lipinski definition) is 6. The summed E-state index contributed by atoms with van der Waals surface area (Å²) in [6.45, 7) is 4.01. The van der Waals surface area contributed by atoms with Gasteiger partial charge in [0, 0.05) is 30.1 Å². The largest absolute Gasteiger partial charge is 0.480 e. The number of H-pyrrole nitrogens is 1. The van der Waals surface area contributed by atoms with Gasteiger partial charge in [0.1, 0.15) is 18.1 Å². The van der Waals surface area contributed by atoms with E-state index in [2.05, 4.69) is 15.6 Å². The van der Waals surface area contributed by atoms with Gasteiger partial charge in [0.2, 0.25) is 23.6 Å². The molecule has 4 unspecified atom stereocenters. The molecule has 2 aromatic rings. The Balaban J connectivity index is 1.84. The van der Waals surface area contributed by atoms with Crippen molar-refractivity contribution in [2.75, 3.05) is 6.54 Å². The van der Waals surface area contributed by atoms with E-state index in [0.717, 1.165) is 16.5 Å². The molecule has 1 saturated heterocycles. The average Bonchev–Trinajstić information content (AvgIpc) is 3.49. The van der Waals surface area contributed by atoms with Crippen LogP contribution in [-0.2, 0) is 30.4 Å². The number of aromatic amines is 1. The molecular weight excluding hydrogens is 480 g/mol. The highest BCUT2D eigenvalue weighted by atomic mass is 16.4. The molecule has 0 aliphatic carbocycles. The Kier molecular flexibility index (Phi) is 8.87. The van der Waals surface area contributed by atoms with E-state index < -0.39 is 54.3 Å². The summed E-state index contributed by atoms with van der Waals surface area (Å²) in [5, 5.41) is 15.3. The lowest BCUT2D eigenvalue weighted by Crippen LogP contribution is -2.57. The SMILES string of the molecule is CC(C)C(N)C(=O)N1CCCC1C(=O)NC(Cc1c[nH]c2ccccc12)C(=O)NC(CC(N)=O)C(=O)O. The predicted octanol–water partition coefficient (Wildman–Crippen LogP) is -0.386. The molecule has 4 atom stereocenters. The zero-order valence-electron chi connectivity index (χ0n) is 20.9. The number of likely N-dealkylation sites (tertiary alicyclic amines) is 1. The fourth-order valence-electron chi connectivity index (χ4n) is 4.45. The quantitative estimate of drug-likeness (QED) is 0.234. The summed E-state index contributed by atoms with van der Waals surface area (Å²) in [6.07, 6.45) is 2.16. The van der Waals surface area contributed by atoms with Gasteiger partial charge in [0.25, 0.3) is 0 Å². The van der Waals surface area contributed by atoms with Crippen LogP contribution < -0.4 is 22.1 Å². The van der Waals surface area contributed by atoms with E-state index in [1.54, 1.807) is 6.20 Å². The molecule has 1 fully saturated rings. The normalized spacial score (nSPS) is 17.8. The summed E-state index contributed by atoms with van der Waals surface area (Å²) in [5.74, 6) is -4.11. The van der Waals surface area contributed by atoms with E-state index in [-0.39, 0.29) is 18.2 Å². The number of carboxylic acids is 1. The lowest BCUT2D eigenvalue weighted by molar-refractivity contribution is -0.144. The number of nitrogens with one attached hydrogen (secondary N) is 3. The van der Waals surface area contributed by atoms with Gasteiger partial charge in [-0.25, -0.2) is 4.79 Å². The van der Waals surface area contributed by atoms with E-state index in [0.29, 0.717) is 19.4 Å². The number of hydrogen-bond acceptors (Lipinski definition) is 6. The number of fused-ring (bicyclic) bond motifs is 1. The van der Waals surface area contributed by atoms with Gasteiger partial charge in [-0.3, -0.25) is 19.2 Å². The van der Waals surface area contributed by atoms with Crippen molar-refractivity contribution in [3.63, 3.8) is 0 Å². The number of carbonyl (C=O) groups is 5. The minimum absolute atomic E-state index is 0.0384. The molecule has 12 heteroatoms. The van der Waals surface area contributed by atoms with E-state index >= 15 is 0 Å². The number of carbonyl (C=O) groups excluding carboxylic acids is 4. The molecule has 2 heterocycles. The van der Waals surface area contributed by atoms with Gasteiger partial charge in [-0.2, -0.15) is 0 Å². The fourth-order valence-corrected chi connectivity index (χ4v) is 4.45. The Hall–Kier alpha value is -3.93. The number of carboxylic acid groups (broad SMARTS) is 1. The summed E-state index contributed by atoms with van der Waals surface area (Å²) in [5.41, 5.74) is 12.7. The molecule has 0 radical (unpaired) electrons. The molecule has 1 aromatic carbocycles. The molecule has 0 bridgehead atoms. The number of nitrogens with zero attached hydrogens (tertiary/aromatic N) is 1. The molecule has 0 saturated carbocycles. The van der Waals surface area contributed by atoms with Crippen molar-refractivity contribution in [1.82, 2.24) is 20.5 Å². The first-order valence-corrected chi connectivity index (χ1v) is 12.2. The first kappa shape index (κ1) is 27.7. The van der Waals surface area contributed by atoms with Crippen LogP contribution in [0.4, 0.5) is 0 Å². The second kappa shape index (κ2) is 11.9. The highest BCUT2D eigenvalue weighted by Gasteiger charge is 2.38. The zero-order valence-corrected chi connectivity index (χ0v) is 20.9. The Morgan fingerprint density at radius 1 is 1.14 bits per heavy atom. The van der Waals surface area contributed by atoms with Crippen LogP contribution in [0, 0.1) is 5.92 Å². The highest BCUT2D eigenvalue weighted by molar-refractivity contribution is 5.96. The molecule has 200 valence electrons. The van der Waals surface area contributed by atoms with Crippen molar-refractivity contribution in [2.45, 2.75) is 63.7 Å². The van der Waals surface area contributed by atoms with E-state index in [9.17, 15) is 29.1 Å². The first-order chi connectivity index (χ1) is 17.5. The van der Waals surface area contributed by atoms with E-state index in [1.165, 1.54) is 4.90 Å². The van der Waals surface area contributed by atoms with Gasteiger partial charge in [-0.1, -0.05) is 32.0 Å². The van der Waals surface area contributed by atoms with Crippen LogP contribution in [0.2, 0.25) is 0 Å². The van der Waals surface area contributed by atoms with Gasteiger partial charge in [0.05, 0.1) is 12.5 Å². The zero-order chi connectivity index (χ0) is 27.3. The van der Waals surface area contributed by atoms with Crippen LogP contribution in [0.15, 0.2) is 30.5 Å². The number of aromatic nitrogens is 1. The van der Waals surface area contributed by atoms with Crippen molar-refractivity contribution in [1.29, 1.82) is 0 Å². The smallest absolute Gasteiger partial charge is 0.326 e. The third-order valence-electron chi connectivity index (χ3n) is 6.59. The number of amides is 4. The van der Waals surface area contributed by atoms with E-state index in [4.69, 9.17) is 11.5 Å². The highest BCUT2D eigenvalue weighted by Crippen LogP contribution is 2.22. The number of aliphatic carboxylic acids is 1. The van der Waals surface area contributed by atoms with Crippen molar-refractivity contribution in [3.05, 3.63) is 36.0 Å². The number of primary amides is 1. The Morgan fingerprint density at radius 3 is 2.49 bits per heavy atom. The molecule has 1 aliphatic rings. The van der Waals surface area contributed by atoms with Crippen molar-refractivity contribution < 1.29 is 29.1 Å². The molecule has 1 aliphatic heterocycles. The van der Waals surface area contributed by atoms with Crippen LogP contribution in [-0.4, -0.2) is 75.3 Å². The topological polar surface area (TPSA) is 201 Å². The van der Waals surface area contributed by atoms with Crippen LogP contribution >= 0.6 is 0 Å². The minimum atomic E-state index is -1.55. The molecule has 37 heavy (non-hydrogen) atoms. The molecule has 4 amide bonds. The second-order valence-corrected chi connectivity index (χ2v) is 9.65. The van der Waals surface area contributed by atoms with Gasteiger partial charge >= 0.3 is 5.97 Å². The predicted molar refractivity (Wildman–Crippen MR) is 135 cm³/mol. The van der Waals surface area contributed by atoms with Crippen LogP contribution in [0.3, 0.4) is 0 Å². The van der Waals surface area contributed by atoms with Gasteiger partial charge < -0.3 is 37.1 Å². The summed E-state index contributed by atoms with van der Waals surface area (Å²) in [4.78, 5) is 66.9. The van der Waals surface area contributed by atoms with Crippen LogP contribution in [0.1, 0.15) is 38.7 Å². The first-order valence-electron chi connectivity index (χ1n) is 12.2. The van der Waals surface area contributed by atoms with Gasteiger partial charge in [-0.05, 0) is 30.4 Å². The van der Waals surface area contributed by atoms with Crippen LogP contribution in [0.5, 0.6) is 0 Å². The van der Waals surface area contributed by atoms with E-state index in [1.807, 2.05) is 38.1 Å². The third-order valence-corrected chi connectivity index (χ3v) is 6.59.